The average Bonchev–Trinajstić information content (AvgIpc) is 3.24. The third kappa shape index (κ3) is 3.35. The number of amides is 1. The Morgan fingerprint density at radius 3 is 3.00 bits per heavy atom. The Hall–Kier alpha value is -2.17. The van der Waals surface area contributed by atoms with Gasteiger partial charge in [0.1, 0.15) is 5.82 Å². The molecule has 3 atom stereocenters. The Balaban J connectivity index is 1.32. The van der Waals surface area contributed by atoms with Crippen molar-refractivity contribution in [3.05, 3.63) is 48.0 Å². The van der Waals surface area contributed by atoms with Crippen LogP contribution in [0.4, 0.5) is 10.1 Å². The first-order valence-corrected chi connectivity index (χ1v) is 8.72. The summed E-state index contributed by atoms with van der Waals surface area (Å²) in [4.78, 5) is 12.3. The molecule has 1 aromatic carbocycles. The first kappa shape index (κ1) is 15.4. The van der Waals surface area contributed by atoms with E-state index in [0.717, 1.165) is 17.4 Å². The second-order valence-corrected chi connectivity index (χ2v) is 7.24. The Kier molecular flexibility index (Phi) is 4.08. The van der Waals surface area contributed by atoms with Gasteiger partial charge in [0.15, 0.2) is 0 Å². The van der Waals surface area contributed by atoms with Gasteiger partial charge < -0.3 is 5.32 Å². The van der Waals surface area contributed by atoms with Gasteiger partial charge in [-0.05, 0) is 54.7 Å². The maximum atomic E-state index is 13.2. The van der Waals surface area contributed by atoms with E-state index in [1.54, 1.807) is 23.1 Å². The van der Waals surface area contributed by atoms with Crippen molar-refractivity contribution in [1.82, 2.24) is 9.78 Å². The van der Waals surface area contributed by atoms with Crippen LogP contribution in [0.5, 0.6) is 0 Å². The number of nitrogens with one attached hydrogen (secondary N) is 1. The minimum absolute atomic E-state index is 0.0813. The first-order chi connectivity index (χ1) is 11.7. The lowest BCUT2D eigenvalue weighted by Gasteiger charge is -2.20. The van der Waals surface area contributed by atoms with Crippen LogP contribution in [-0.4, -0.2) is 15.7 Å². The number of carbonyl (C=O) groups is 1. The predicted octanol–water partition coefficient (Wildman–Crippen LogP) is 3.84. The van der Waals surface area contributed by atoms with Gasteiger partial charge in [0, 0.05) is 12.6 Å². The molecular weight excluding hydrogens is 305 g/mol. The molecule has 1 amide bonds. The summed E-state index contributed by atoms with van der Waals surface area (Å²) in [7, 11) is 0. The van der Waals surface area contributed by atoms with Crippen LogP contribution >= 0.6 is 0 Å². The lowest BCUT2D eigenvalue weighted by Crippen LogP contribution is -2.20. The normalized spacial score (nSPS) is 25.1. The number of benzene rings is 1. The topological polar surface area (TPSA) is 46.9 Å². The Morgan fingerprint density at radius 1 is 1.33 bits per heavy atom. The van der Waals surface area contributed by atoms with Crippen LogP contribution in [0.1, 0.15) is 37.7 Å². The van der Waals surface area contributed by atoms with Crippen molar-refractivity contribution in [3.8, 4) is 0 Å². The lowest BCUT2D eigenvalue weighted by molar-refractivity contribution is -0.117. The van der Waals surface area contributed by atoms with Gasteiger partial charge in [-0.25, -0.2) is 4.39 Å². The zero-order valence-electron chi connectivity index (χ0n) is 13.6. The molecule has 0 aliphatic heterocycles. The van der Waals surface area contributed by atoms with E-state index < -0.39 is 0 Å². The Labute approximate surface area is 141 Å². The van der Waals surface area contributed by atoms with Gasteiger partial charge in [0.25, 0.3) is 0 Å². The molecule has 2 bridgehead atoms. The zero-order valence-corrected chi connectivity index (χ0v) is 13.6. The monoisotopic (exact) mass is 327 g/mol. The number of anilines is 1. The molecule has 126 valence electrons. The smallest absolute Gasteiger partial charge is 0.224 e. The highest BCUT2D eigenvalue weighted by Gasteiger charge is 2.40. The summed E-state index contributed by atoms with van der Waals surface area (Å²) in [5, 5.41) is 7.19. The second-order valence-electron chi connectivity index (χ2n) is 7.24. The molecule has 24 heavy (non-hydrogen) atoms. The van der Waals surface area contributed by atoms with Crippen LogP contribution in [0.3, 0.4) is 0 Å². The highest BCUT2D eigenvalue weighted by molar-refractivity contribution is 5.90. The minimum atomic E-state index is -0.251. The van der Waals surface area contributed by atoms with Crippen LogP contribution < -0.4 is 5.32 Å². The number of nitrogens with zero attached hydrogens (tertiary/aromatic N) is 2. The van der Waals surface area contributed by atoms with E-state index in [9.17, 15) is 9.18 Å². The zero-order chi connectivity index (χ0) is 16.5. The first-order valence-electron chi connectivity index (χ1n) is 8.72. The van der Waals surface area contributed by atoms with Gasteiger partial charge in [-0.3, -0.25) is 9.48 Å². The van der Waals surface area contributed by atoms with Gasteiger partial charge in [0.05, 0.1) is 18.4 Å². The molecule has 4 nitrogen and oxygen atoms in total. The maximum absolute atomic E-state index is 13.2. The highest BCUT2D eigenvalue weighted by atomic mass is 19.1. The van der Waals surface area contributed by atoms with Crippen molar-refractivity contribution < 1.29 is 9.18 Å². The van der Waals surface area contributed by atoms with Crippen molar-refractivity contribution in [2.24, 2.45) is 17.8 Å². The van der Waals surface area contributed by atoms with Crippen LogP contribution in [0.25, 0.3) is 0 Å². The molecule has 2 fully saturated rings. The molecule has 1 heterocycles. The standard InChI is InChI=1S/C19H22FN3O/c20-17-3-1-2-14(8-17)11-23-12-18(10-21-23)22-19(24)9-16-7-13-4-5-15(16)6-13/h1-3,8,10,12-13,15-16H,4-7,9,11H2,(H,22,24). The lowest BCUT2D eigenvalue weighted by atomic mass is 9.86. The molecule has 0 radical (unpaired) electrons. The molecule has 3 unspecified atom stereocenters. The van der Waals surface area contributed by atoms with E-state index in [1.807, 2.05) is 6.07 Å². The molecule has 0 spiro atoms. The molecule has 0 saturated heterocycles. The number of aromatic nitrogens is 2. The third-order valence-corrected chi connectivity index (χ3v) is 5.48. The predicted molar refractivity (Wildman–Crippen MR) is 89.9 cm³/mol. The minimum Gasteiger partial charge on any atom is -0.323 e. The fraction of sp³-hybridized carbons (Fsp3) is 0.474. The fourth-order valence-corrected chi connectivity index (χ4v) is 4.41. The summed E-state index contributed by atoms with van der Waals surface area (Å²) >= 11 is 0. The van der Waals surface area contributed by atoms with E-state index in [4.69, 9.17) is 0 Å². The number of hydrogen-bond donors (Lipinski definition) is 1. The largest absolute Gasteiger partial charge is 0.323 e. The summed E-state index contributed by atoms with van der Waals surface area (Å²) in [6.07, 6.45) is 9.27. The summed E-state index contributed by atoms with van der Waals surface area (Å²) in [5.74, 6) is 2.02. The summed E-state index contributed by atoms with van der Waals surface area (Å²) < 4.78 is 14.9. The molecule has 4 rings (SSSR count). The number of fused-ring (bicyclic) bond motifs is 2. The fourth-order valence-electron chi connectivity index (χ4n) is 4.41. The average molecular weight is 327 g/mol. The van der Waals surface area contributed by atoms with Crippen molar-refractivity contribution in [1.29, 1.82) is 0 Å². The van der Waals surface area contributed by atoms with Crippen molar-refractivity contribution in [2.75, 3.05) is 5.32 Å². The quantitative estimate of drug-likeness (QED) is 0.907. The van der Waals surface area contributed by atoms with Crippen LogP contribution in [0.2, 0.25) is 0 Å². The van der Waals surface area contributed by atoms with E-state index in [1.165, 1.54) is 37.8 Å². The Morgan fingerprint density at radius 2 is 2.25 bits per heavy atom. The molecular formula is C19H22FN3O. The van der Waals surface area contributed by atoms with E-state index >= 15 is 0 Å². The molecule has 2 saturated carbocycles. The SMILES string of the molecule is O=C(CC1CC2CCC1C2)Nc1cnn(Cc2cccc(F)c2)c1. The van der Waals surface area contributed by atoms with Gasteiger partial charge in [-0.1, -0.05) is 18.6 Å². The summed E-state index contributed by atoms with van der Waals surface area (Å²) in [6.45, 7) is 0.486. The highest BCUT2D eigenvalue weighted by Crippen LogP contribution is 2.49. The summed E-state index contributed by atoms with van der Waals surface area (Å²) in [6, 6.07) is 6.47. The number of halogens is 1. The van der Waals surface area contributed by atoms with Crippen molar-refractivity contribution in [2.45, 2.75) is 38.6 Å². The molecule has 2 aliphatic carbocycles. The molecule has 2 aromatic rings. The van der Waals surface area contributed by atoms with E-state index in [-0.39, 0.29) is 11.7 Å². The van der Waals surface area contributed by atoms with Crippen molar-refractivity contribution >= 4 is 11.6 Å². The van der Waals surface area contributed by atoms with Gasteiger partial charge in [-0.15, -0.1) is 0 Å². The molecule has 5 heteroatoms. The van der Waals surface area contributed by atoms with Gasteiger partial charge >= 0.3 is 0 Å². The van der Waals surface area contributed by atoms with Crippen LogP contribution in [0, 0.1) is 23.6 Å². The molecule has 2 aliphatic rings. The van der Waals surface area contributed by atoms with Crippen LogP contribution in [0.15, 0.2) is 36.7 Å². The van der Waals surface area contributed by atoms with Gasteiger partial charge in [-0.2, -0.15) is 5.10 Å². The number of rotatable bonds is 5. The van der Waals surface area contributed by atoms with Gasteiger partial charge in [0.2, 0.25) is 5.91 Å². The van der Waals surface area contributed by atoms with E-state index in [0.29, 0.717) is 24.6 Å². The van der Waals surface area contributed by atoms with E-state index in [2.05, 4.69) is 10.4 Å². The number of hydrogen-bond acceptors (Lipinski definition) is 2. The third-order valence-electron chi connectivity index (χ3n) is 5.48. The molecule has 1 aromatic heterocycles. The summed E-state index contributed by atoms with van der Waals surface area (Å²) in [5.41, 5.74) is 1.55. The Bertz CT molecular complexity index is 742. The number of carbonyl (C=O) groups excluding carboxylic acids is 1. The van der Waals surface area contributed by atoms with Crippen molar-refractivity contribution in [3.63, 3.8) is 0 Å². The maximum Gasteiger partial charge on any atom is 0.224 e. The van der Waals surface area contributed by atoms with Crippen LogP contribution in [-0.2, 0) is 11.3 Å². The molecule has 1 N–H and O–H groups in total. The second kappa shape index (κ2) is 6.38.